The Balaban J connectivity index is 2.10. The molecule has 1 aliphatic rings. The van der Waals surface area contributed by atoms with E-state index in [9.17, 15) is 4.79 Å². The molecule has 0 aliphatic heterocycles. The van der Waals surface area contributed by atoms with E-state index >= 15 is 0 Å². The van der Waals surface area contributed by atoms with Gasteiger partial charge in [0.05, 0.1) is 5.56 Å². The molecule has 5 heteroatoms. The number of hydrogen-bond donors (Lipinski definition) is 3. The molecule has 0 aromatic carbocycles. The number of amides is 1. The number of aromatic nitrogens is 1. The van der Waals surface area contributed by atoms with E-state index in [-0.39, 0.29) is 5.91 Å². The average molecular weight is 248 g/mol. The third-order valence-electron chi connectivity index (χ3n) is 3.38. The van der Waals surface area contributed by atoms with Crippen LogP contribution in [0.4, 0.5) is 5.82 Å². The van der Waals surface area contributed by atoms with Crippen LogP contribution in [-0.4, -0.2) is 16.9 Å². The second kappa shape index (κ2) is 6.35. The van der Waals surface area contributed by atoms with Gasteiger partial charge in [0, 0.05) is 12.2 Å². The summed E-state index contributed by atoms with van der Waals surface area (Å²) in [4.78, 5) is 15.9. The number of pyridine rings is 1. The van der Waals surface area contributed by atoms with Crippen LogP contribution in [0, 0.1) is 0 Å². The maximum Gasteiger partial charge on any atom is 0.268 e. The van der Waals surface area contributed by atoms with E-state index < -0.39 is 0 Å². The van der Waals surface area contributed by atoms with Crippen LogP contribution in [0.1, 0.15) is 48.9 Å². The zero-order chi connectivity index (χ0) is 12.8. The van der Waals surface area contributed by atoms with Crippen molar-refractivity contribution in [3.05, 3.63) is 23.9 Å². The van der Waals surface area contributed by atoms with E-state index in [1.165, 1.54) is 25.7 Å². The van der Waals surface area contributed by atoms with Crippen molar-refractivity contribution in [1.82, 2.24) is 10.4 Å². The number of carbonyl (C=O) groups excluding carboxylic acids is 1. The van der Waals surface area contributed by atoms with Gasteiger partial charge in [-0.2, -0.15) is 0 Å². The van der Waals surface area contributed by atoms with E-state index in [4.69, 9.17) is 5.84 Å². The fourth-order valence-corrected chi connectivity index (χ4v) is 2.40. The molecule has 1 heterocycles. The van der Waals surface area contributed by atoms with Crippen molar-refractivity contribution in [1.29, 1.82) is 0 Å². The Labute approximate surface area is 107 Å². The van der Waals surface area contributed by atoms with Gasteiger partial charge in [-0.15, -0.1) is 0 Å². The molecule has 0 saturated heterocycles. The van der Waals surface area contributed by atoms with Gasteiger partial charge >= 0.3 is 0 Å². The van der Waals surface area contributed by atoms with Crippen LogP contribution in [0.25, 0.3) is 0 Å². The highest BCUT2D eigenvalue weighted by Crippen LogP contribution is 2.21. The molecule has 1 aliphatic carbocycles. The molecule has 0 unspecified atom stereocenters. The first-order valence-electron chi connectivity index (χ1n) is 6.54. The van der Waals surface area contributed by atoms with Gasteiger partial charge in [0.2, 0.25) is 0 Å². The van der Waals surface area contributed by atoms with E-state index in [0.29, 0.717) is 17.4 Å². The lowest BCUT2D eigenvalue weighted by molar-refractivity contribution is 0.0954. The number of rotatable bonds is 3. The van der Waals surface area contributed by atoms with Crippen LogP contribution in [-0.2, 0) is 0 Å². The third-order valence-corrected chi connectivity index (χ3v) is 3.38. The third kappa shape index (κ3) is 3.20. The minimum absolute atomic E-state index is 0.306. The highest BCUT2D eigenvalue weighted by Gasteiger charge is 2.16. The molecule has 1 aromatic heterocycles. The number of anilines is 1. The smallest absolute Gasteiger partial charge is 0.268 e. The van der Waals surface area contributed by atoms with Crippen molar-refractivity contribution in [3.63, 3.8) is 0 Å². The average Bonchev–Trinajstić information content (AvgIpc) is 2.67. The highest BCUT2D eigenvalue weighted by atomic mass is 16.2. The van der Waals surface area contributed by atoms with Gasteiger partial charge in [-0.1, -0.05) is 25.7 Å². The van der Waals surface area contributed by atoms with Crippen molar-refractivity contribution in [2.24, 2.45) is 5.84 Å². The first kappa shape index (κ1) is 12.8. The van der Waals surface area contributed by atoms with Crippen molar-refractivity contribution in [2.75, 3.05) is 5.32 Å². The summed E-state index contributed by atoms with van der Waals surface area (Å²) in [7, 11) is 0. The monoisotopic (exact) mass is 248 g/mol. The Bertz CT molecular complexity index is 400. The maximum atomic E-state index is 11.6. The van der Waals surface area contributed by atoms with Crippen molar-refractivity contribution in [2.45, 2.75) is 44.6 Å². The number of nitrogens with one attached hydrogen (secondary N) is 2. The summed E-state index contributed by atoms with van der Waals surface area (Å²) in [6.07, 6.45) is 9.05. The van der Waals surface area contributed by atoms with Crippen LogP contribution >= 0.6 is 0 Å². The summed E-state index contributed by atoms with van der Waals surface area (Å²) in [6, 6.07) is 3.88. The van der Waals surface area contributed by atoms with Gasteiger partial charge in [0.15, 0.2) is 0 Å². The van der Waals surface area contributed by atoms with E-state index in [1.54, 1.807) is 18.3 Å². The van der Waals surface area contributed by atoms with Crippen LogP contribution < -0.4 is 16.6 Å². The first-order chi connectivity index (χ1) is 8.81. The molecule has 0 radical (unpaired) electrons. The summed E-state index contributed by atoms with van der Waals surface area (Å²) >= 11 is 0. The normalized spacial score (nSPS) is 16.9. The number of nitrogen functional groups attached to an aromatic ring is 1. The Kier molecular flexibility index (Phi) is 4.52. The molecule has 1 amide bonds. The molecule has 98 valence electrons. The number of carbonyl (C=O) groups is 1. The van der Waals surface area contributed by atoms with E-state index in [2.05, 4.69) is 15.7 Å². The van der Waals surface area contributed by atoms with Crippen LogP contribution in [0.15, 0.2) is 18.3 Å². The van der Waals surface area contributed by atoms with Gasteiger partial charge in [0.1, 0.15) is 5.82 Å². The topological polar surface area (TPSA) is 80.0 Å². The number of nitrogens with two attached hydrogens (primary N) is 1. The largest absolute Gasteiger partial charge is 0.367 e. The quantitative estimate of drug-likeness (QED) is 0.330. The molecule has 2 rings (SSSR count). The van der Waals surface area contributed by atoms with Gasteiger partial charge < -0.3 is 5.32 Å². The van der Waals surface area contributed by atoms with E-state index in [1.807, 2.05) is 0 Å². The molecule has 1 aromatic rings. The lowest BCUT2D eigenvalue weighted by Crippen LogP contribution is -2.31. The predicted molar refractivity (Wildman–Crippen MR) is 71.0 cm³/mol. The summed E-state index contributed by atoms with van der Waals surface area (Å²) in [6.45, 7) is 0. The minimum atomic E-state index is -0.306. The van der Waals surface area contributed by atoms with Crippen molar-refractivity contribution >= 4 is 11.7 Å². The van der Waals surface area contributed by atoms with Crippen molar-refractivity contribution < 1.29 is 4.79 Å². The fraction of sp³-hybridized carbons (Fsp3) is 0.538. The maximum absolute atomic E-state index is 11.6. The van der Waals surface area contributed by atoms with Crippen LogP contribution in [0.2, 0.25) is 0 Å². The molecule has 1 saturated carbocycles. The highest BCUT2D eigenvalue weighted by molar-refractivity contribution is 5.98. The summed E-state index contributed by atoms with van der Waals surface area (Å²) in [5.74, 6) is 5.50. The molecule has 0 bridgehead atoms. The summed E-state index contributed by atoms with van der Waals surface area (Å²) in [5, 5.41) is 3.38. The second-order valence-corrected chi connectivity index (χ2v) is 4.71. The van der Waals surface area contributed by atoms with Gasteiger partial charge in [0.25, 0.3) is 5.91 Å². The Morgan fingerprint density at radius 3 is 2.67 bits per heavy atom. The molecule has 0 atom stereocenters. The first-order valence-corrected chi connectivity index (χ1v) is 6.54. The van der Waals surface area contributed by atoms with Gasteiger partial charge in [-0.25, -0.2) is 10.8 Å². The molecular weight excluding hydrogens is 228 g/mol. The Morgan fingerprint density at radius 1 is 1.28 bits per heavy atom. The molecule has 1 fully saturated rings. The lowest BCUT2D eigenvalue weighted by Gasteiger charge is -2.18. The molecule has 4 N–H and O–H groups in total. The Morgan fingerprint density at radius 2 is 2.00 bits per heavy atom. The minimum Gasteiger partial charge on any atom is -0.367 e. The van der Waals surface area contributed by atoms with Crippen LogP contribution in [0.5, 0.6) is 0 Å². The molecule has 0 spiro atoms. The number of hydrazine groups is 1. The molecular formula is C13H20N4O. The molecule has 18 heavy (non-hydrogen) atoms. The lowest BCUT2D eigenvalue weighted by atomic mass is 10.1. The molecule has 5 nitrogen and oxygen atoms in total. The second-order valence-electron chi connectivity index (χ2n) is 4.71. The Hall–Kier alpha value is -1.62. The summed E-state index contributed by atoms with van der Waals surface area (Å²) < 4.78 is 0. The summed E-state index contributed by atoms with van der Waals surface area (Å²) in [5.41, 5.74) is 2.66. The standard InChI is InChI=1S/C13H20N4O/c14-17-13(18)11-8-5-9-15-12(11)16-10-6-3-1-2-4-7-10/h5,8-10H,1-4,6-7,14H2,(H,15,16)(H,17,18). The zero-order valence-corrected chi connectivity index (χ0v) is 10.5. The fourth-order valence-electron chi connectivity index (χ4n) is 2.40. The SMILES string of the molecule is NNC(=O)c1cccnc1NC1CCCCCC1. The number of nitrogens with zero attached hydrogens (tertiary/aromatic N) is 1. The zero-order valence-electron chi connectivity index (χ0n) is 10.5. The van der Waals surface area contributed by atoms with Crippen LogP contribution in [0.3, 0.4) is 0 Å². The van der Waals surface area contributed by atoms with Gasteiger partial charge in [-0.05, 0) is 25.0 Å². The van der Waals surface area contributed by atoms with Gasteiger partial charge in [-0.3, -0.25) is 10.2 Å². The van der Waals surface area contributed by atoms with E-state index in [0.717, 1.165) is 12.8 Å². The number of hydrogen-bond acceptors (Lipinski definition) is 4. The predicted octanol–water partition coefficient (Wildman–Crippen LogP) is 1.82. The van der Waals surface area contributed by atoms with Crippen molar-refractivity contribution in [3.8, 4) is 0 Å².